The molecule has 1 aliphatic rings. The van der Waals surface area contributed by atoms with E-state index < -0.39 is 0 Å². The Kier molecular flexibility index (Phi) is 5.79. The van der Waals surface area contributed by atoms with Crippen molar-refractivity contribution in [2.45, 2.75) is 20.0 Å². The van der Waals surface area contributed by atoms with E-state index in [2.05, 4.69) is 4.90 Å². The molecule has 1 aliphatic heterocycles. The van der Waals surface area contributed by atoms with Gasteiger partial charge in [-0.3, -0.25) is 9.69 Å². The van der Waals surface area contributed by atoms with Crippen LogP contribution < -0.4 is 14.9 Å². The lowest BCUT2D eigenvalue weighted by atomic mass is 10.0. The minimum Gasteiger partial charge on any atom is -0.497 e. The molecule has 0 saturated heterocycles. The average molecular weight is 482 g/mol. The number of aryl methyl sites for hydroxylation is 1. The molecule has 2 heterocycles. The maximum absolute atomic E-state index is 13.5. The molecule has 5 nitrogen and oxygen atoms in total. The Labute approximate surface area is 201 Å². The van der Waals surface area contributed by atoms with E-state index in [-0.39, 0.29) is 5.43 Å². The summed E-state index contributed by atoms with van der Waals surface area (Å²) in [6, 6.07) is 16.6. The standard InChI is InChI=1S/C26H21Cl2NO4/c1-15-24(17-4-6-18(31-2)7-5-17)25(30)19-8-10-23-20(26(19)33-15)13-29(14-32-23)12-16-3-9-21(27)22(28)11-16/h3-11H,12-14H2,1-2H3. The third kappa shape index (κ3) is 4.08. The summed E-state index contributed by atoms with van der Waals surface area (Å²) in [5.41, 5.74) is 3.72. The number of methoxy groups -OCH3 is 1. The van der Waals surface area contributed by atoms with Gasteiger partial charge < -0.3 is 13.9 Å². The predicted octanol–water partition coefficient (Wildman–Crippen LogP) is 6.44. The van der Waals surface area contributed by atoms with Gasteiger partial charge in [0.25, 0.3) is 0 Å². The maximum Gasteiger partial charge on any atom is 0.200 e. The van der Waals surface area contributed by atoms with E-state index >= 15 is 0 Å². The van der Waals surface area contributed by atoms with Crippen molar-refractivity contribution in [3.8, 4) is 22.6 Å². The van der Waals surface area contributed by atoms with Crippen molar-refractivity contribution >= 4 is 34.2 Å². The smallest absolute Gasteiger partial charge is 0.200 e. The van der Waals surface area contributed by atoms with Crippen molar-refractivity contribution in [1.29, 1.82) is 0 Å². The average Bonchev–Trinajstić information content (AvgIpc) is 2.82. The van der Waals surface area contributed by atoms with Crippen LogP contribution in [0.3, 0.4) is 0 Å². The van der Waals surface area contributed by atoms with Gasteiger partial charge in [-0.1, -0.05) is 41.4 Å². The molecule has 0 radical (unpaired) electrons. The van der Waals surface area contributed by atoms with Gasteiger partial charge >= 0.3 is 0 Å². The van der Waals surface area contributed by atoms with Gasteiger partial charge in [0.2, 0.25) is 5.43 Å². The zero-order valence-electron chi connectivity index (χ0n) is 18.2. The summed E-state index contributed by atoms with van der Waals surface area (Å²) in [5, 5.41) is 1.58. The highest BCUT2D eigenvalue weighted by Crippen LogP contribution is 2.35. The summed E-state index contributed by atoms with van der Waals surface area (Å²) in [7, 11) is 1.61. The molecule has 0 spiro atoms. The van der Waals surface area contributed by atoms with Gasteiger partial charge in [-0.2, -0.15) is 0 Å². The zero-order valence-corrected chi connectivity index (χ0v) is 19.7. The highest BCUT2D eigenvalue weighted by Gasteiger charge is 2.24. The minimum absolute atomic E-state index is 0.0664. The van der Waals surface area contributed by atoms with Crippen molar-refractivity contribution in [2.75, 3.05) is 13.8 Å². The Morgan fingerprint density at radius 1 is 1.03 bits per heavy atom. The van der Waals surface area contributed by atoms with E-state index in [0.29, 0.717) is 52.2 Å². The summed E-state index contributed by atoms with van der Waals surface area (Å²) in [6.45, 7) is 3.44. The van der Waals surface area contributed by atoms with E-state index in [1.807, 2.05) is 49.4 Å². The van der Waals surface area contributed by atoms with Gasteiger partial charge in [-0.15, -0.1) is 0 Å². The van der Waals surface area contributed by atoms with Crippen LogP contribution in [0, 0.1) is 6.92 Å². The van der Waals surface area contributed by atoms with E-state index in [4.69, 9.17) is 37.1 Å². The SMILES string of the molecule is COc1ccc(-c2c(C)oc3c4c(ccc3c2=O)OCN(Cc2ccc(Cl)c(Cl)c2)C4)cc1. The minimum atomic E-state index is -0.0664. The highest BCUT2D eigenvalue weighted by molar-refractivity contribution is 6.42. The lowest BCUT2D eigenvalue weighted by Gasteiger charge is -2.29. The molecule has 0 atom stereocenters. The van der Waals surface area contributed by atoms with Crippen LogP contribution in [0.1, 0.15) is 16.9 Å². The lowest BCUT2D eigenvalue weighted by Crippen LogP contribution is -2.31. The number of hydrogen-bond acceptors (Lipinski definition) is 5. The molecule has 0 unspecified atom stereocenters. The molecule has 0 N–H and O–H groups in total. The molecule has 4 aromatic rings. The Morgan fingerprint density at radius 3 is 2.55 bits per heavy atom. The van der Waals surface area contributed by atoms with Crippen LogP contribution in [-0.2, 0) is 13.1 Å². The summed E-state index contributed by atoms with van der Waals surface area (Å²) in [6.07, 6.45) is 0. The molecule has 0 fully saturated rings. The number of nitrogens with zero attached hydrogens (tertiary/aromatic N) is 1. The fraction of sp³-hybridized carbons (Fsp3) is 0.192. The van der Waals surface area contributed by atoms with Crippen molar-refractivity contribution in [3.05, 3.63) is 91.8 Å². The van der Waals surface area contributed by atoms with Crippen LogP contribution in [0.2, 0.25) is 10.0 Å². The second kappa shape index (κ2) is 8.75. The van der Waals surface area contributed by atoms with Crippen molar-refractivity contribution in [2.24, 2.45) is 0 Å². The van der Waals surface area contributed by atoms with Crippen molar-refractivity contribution in [3.63, 3.8) is 0 Å². The van der Waals surface area contributed by atoms with Crippen LogP contribution in [0.4, 0.5) is 0 Å². The number of rotatable bonds is 4. The molecule has 5 rings (SSSR count). The zero-order chi connectivity index (χ0) is 23.1. The van der Waals surface area contributed by atoms with Crippen LogP contribution in [0.25, 0.3) is 22.1 Å². The fourth-order valence-electron chi connectivity index (χ4n) is 4.21. The van der Waals surface area contributed by atoms with E-state index in [1.54, 1.807) is 19.2 Å². The van der Waals surface area contributed by atoms with Gasteiger partial charge in [0.1, 0.15) is 29.6 Å². The molecule has 0 aliphatic carbocycles. The first-order chi connectivity index (χ1) is 15.9. The van der Waals surface area contributed by atoms with Crippen LogP contribution in [0.15, 0.2) is 63.8 Å². The highest BCUT2D eigenvalue weighted by atomic mass is 35.5. The van der Waals surface area contributed by atoms with Crippen LogP contribution >= 0.6 is 23.2 Å². The van der Waals surface area contributed by atoms with Gasteiger partial charge in [-0.25, -0.2) is 0 Å². The van der Waals surface area contributed by atoms with E-state index in [1.165, 1.54) is 0 Å². The topological polar surface area (TPSA) is 51.9 Å². The molecular formula is C26H21Cl2NO4. The Balaban J connectivity index is 1.53. The number of ether oxygens (including phenoxy) is 2. The lowest BCUT2D eigenvalue weighted by molar-refractivity contribution is 0.0890. The molecule has 7 heteroatoms. The van der Waals surface area contributed by atoms with Crippen molar-refractivity contribution < 1.29 is 13.9 Å². The normalized spacial score (nSPS) is 13.6. The number of hydrogen-bond donors (Lipinski definition) is 0. The first-order valence-corrected chi connectivity index (χ1v) is 11.2. The van der Waals surface area contributed by atoms with Crippen molar-refractivity contribution in [1.82, 2.24) is 4.90 Å². The molecule has 168 valence electrons. The third-order valence-corrected chi connectivity index (χ3v) is 6.59. The van der Waals surface area contributed by atoms with Gasteiger partial charge in [0.05, 0.1) is 33.7 Å². The van der Waals surface area contributed by atoms with Gasteiger partial charge in [-0.05, 0) is 54.4 Å². The monoisotopic (exact) mass is 481 g/mol. The van der Waals surface area contributed by atoms with Gasteiger partial charge in [0.15, 0.2) is 0 Å². The van der Waals surface area contributed by atoms with Crippen LogP contribution in [0.5, 0.6) is 11.5 Å². The molecular weight excluding hydrogens is 461 g/mol. The summed E-state index contributed by atoms with van der Waals surface area (Å²) in [4.78, 5) is 15.6. The molecule has 0 amide bonds. The largest absolute Gasteiger partial charge is 0.497 e. The summed E-state index contributed by atoms with van der Waals surface area (Å²) >= 11 is 12.2. The molecule has 0 saturated carbocycles. The predicted molar refractivity (Wildman–Crippen MR) is 130 cm³/mol. The second-order valence-corrected chi connectivity index (χ2v) is 8.83. The molecule has 33 heavy (non-hydrogen) atoms. The quantitative estimate of drug-likeness (QED) is 0.335. The third-order valence-electron chi connectivity index (χ3n) is 5.85. The van der Waals surface area contributed by atoms with Gasteiger partial charge in [0, 0.05) is 13.1 Å². The number of fused-ring (bicyclic) bond motifs is 3. The van der Waals surface area contributed by atoms with Crippen LogP contribution in [-0.4, -0.2) is 18.7 Å². The Bertz CT molecular complexity index is 1410. The molecule has 3 aromatic carbocycles. The number of halogens is 2. The molecule has 1 aromatic heterocycles. The first kappa shape index (κ1) is 21.8. The summed E-state index contributed by atoms with van der Waals surface area (Å²) in [5.74, 6) is 2.02. The van der Waals surface area contributed by atoms with E-state index in [0.717, 1.165) is 28.2 Å². The van der Waals surface area contributed by atoms with E-state index in [9.17, 15) is 4.79 Å². The Hall–Kier alpha value is -2.99. The first-order valence-electron chi connectivity index (χ1n) is 10.5. The summed E-state index contributed by atoms with van der Waals surface area (Å²) < 4.78 is 17.5. The molecule has 0 bridgehead atoms. The number of benzene rings is 3. The maximum atomic E-state index is 13.5. The Morgan fingerprint density at radius 2 is 1.82 bits per heavy atom. The fourth-order valence-corrected chi connectivity index (χ4v) is 4.53. The second-order valence-electron chi connectivity index (χ2n) is 8.02.